The molecule has 110 valence electrons. The zero-order chi connectivity index (χ0) is 15.5. The fourth-order valence-corrected chi connectivity index (χ4v) is 2.66. The van der Waals surface area contributed by atoms with Crippen LogP contribution < -0.4 is 0 Å². The normalized spacial score (nSPS) is 13.3. The van der Waals surface area contributed by atoms with Crippen LogP contribution in [0.15, 0.2) is 89.4 Å². The molecule has 0 aliphatic carbocycles. The van der Waals surface area contributed by atoms with E-state index in [2.05, 4.69) is 62.9 Å². The molecule has 0 unspecified atom stereocenters. The van der Waals surface area contributed by atoms with Crippen molar-refractivity contribution >= 4 is 11.8 Å². The molecule has 0 aliphatic rings. The van der Waals surface area contributed by atoms with Crippen LogP contribution >= 0.6 is 11.8 Å². The largest absolute Gasteiger partial charge is 0.121 e. The molecule has 0 saturated carbocycles. The molecule has 0 atom stereocenters. The van der Waals surface area contributed by atoms with Crippen LogP contribution in [0, 0.1) is 6.92 Å². The lowest BCUT2D eigenvalue weighted by Gasteiger charge is -2.07. The van der Waals surface area contributed by atoms with Gasteiger partial charge in [0, 0.05) is 10.6 Å². The van der Waals surface area contributed by atoms with Gasteiger partial charge in [0.2, 0.25) is 0 Å². The Bertz CT molecular complexity index is 554. The van der Waals surface area contributed by atoms with Gasteiger partial charge in [0.15, 0.2) is 0 Å². The maximum Gasteiger partial charge on any atom is 0.0234 e. The number of thioether (sulfide) groups is 1. The highest BCUT2D eigenvalue weighted by Crippen LogP contribution is 2.24. The number of rotatable bonds is 7. The third-order valence-corrected chi connectivity index (χ3v) is 4.07. The summed E-state index contributed by atoms with van der Waals surface area (Å²) in [5.74, 6) is 0.963. The van der Waals surface area contributed by atoms with E-state index in [4.69, 9.17) is 0 Å². The molecule has 0 spiro atoms. The van der Waals surface area contributed by atoms with Crippen LogP contribution in [0.3, 0.4) is 0 Å². The van der Waals surface area contributed by atoms with Gasteiger partial charge in [-0.2, -0.15) is 0 Å². The van der Waals surface area contributed by atoms with E-state index in [0.29, 0.717) is 0 Å². The average molecular weight is 296 g/mol. The molecular formula is C20H24S. The van der Waals surface area contributed by atoms with Crippen LogP contribution in [0.4, 0.5) is 0 Å². The topological polar surface area (TPSA) is 0 Å². The standard InChI is InChI=1S/C20H24S/c1-5-7-9-11-19(18(4)10-8-6-2)16-21-20-14-12-17(3)13-15-20/h5-15H,1,16H2,2-4H3/b8-6-,9-7-,18-10+,19-11+. The Kier molecular flexibility index (Phi) is 8.30. The molecular weight excluding hydrogens is 272 g/mol. The first-order chi connectivity index (χ1) is 10.2. The second-order valence-electron chi connectivity index (χ2n) is 4.79. The molecule has 0 aromatic heterocycles. The van der Waals surface area contributed by atoms with E-state index in [-0.39, 0.29) is 0 Å². The molecule has 21 heavy (non-hydrogen) atoms. The van der Waals surface area contributed by atoms with Crippen molar-refractivity contribution in [3.63, 3.8) is 0 Å². The molecule has 1 rings (SSSR count). The van der Waals surface area contributed by atoms with Crippen molar-refractivity contribution in [2.24, 2.45) is 0 Å². The van der Waals surface area contributed by atoms with Crippen LogP contribution in [0.25, 0.3) is 0 Å². The summed E-state index contributed by atoms with van der Waals surface area (Å²) in [5.41, 5.74) is 3.92. The molecule has 0 amide bonds. The highest BCUT2D eigenvalue weighted by molar-refractivity contribution is 7.99. The second kappa shape index (κ2) is 10.1. The van der Waals surface area contributed by atoms with Crippen LogP contribution in [0.2, 0.25) is 0 Å². The zero-order valence-electron chi connectivity index (χ0n) is 13.2. The molecule has 0 aliphatic heterocycles. The van der Waals surface area contributed by atoms with Crippen LogP contribution in [-0.2, 0) is 0 Å². The number of hydrogen-bond donors (Lipinski definition) is 0. The summed E-state index contributed by atoms with van der Waals surface area (Å²) in [7, 11) is 0. The molecule has 0 fully saturated rings. The molecule has 0 heterocycles. The summed E-state index contributed by atoms with van der Waals surface area (Å²) in [6, 6.07) is 8.68. The lowest BCUT2D eigenvalue weighted by Crippen LogP contribution is -1.90. The van der Waals surface area contributed by atoms with Gasteiger partial charge in [0.25, 0.3) is 0 Å². The first-order valence-corrected chi connectivity index (χ1v) is 8.13. The van der Waals surface area contributed by atoms with E-state index in [9.17, 15) is 0 Å². The number of allylic oxidation sites excluding steroid dienone is 8. The summed E-state index contributed by atoms with van der Waals surface area (Å²) in [5, 5.41) is 0. The fourth-order valence-electron chi connectivity index (χ4n) is 1.69. The molecule has 1 aromatic carbocycles. The highest BCUT2D eigenvalue weighted by atomic mass is 32.2. The van der Waals surface area contributed by atoms with Gasteiger partial charge in [-0.1, -0.05) is 66.8 Å². The summed E-state index contributed by atoms with van der Waals surface area (Å²) in [6.07, 6.45) is 14.3. The first kappa shape index (κ1) is 17.3. The Balaban J connectivity index is 2.81. The fraction of sp³-hybridized carbons (Fsp3) is 0.200. The van der Waals surface area contributed by atoms with Crippen LogP contribution in [-0.4, -0.2) is 5.75 Å². The predicted octanol–water partition coefficient (Wildman–Crippen LogP) is 6.28. The third-order valence-electron chi connectivity index (χ3n) is 3.01. The van der Waals surface area contributed by atoms with Crippen molar-refractivity contribution in [3.8, 4) is 0 Å². The maximum absolute atomic E-state index is 3.71. The van der Waals surface area contributed by atoms with E-state index < -0.39 is 0 Å². The minimum absolute atomic E-state index is 0.963. The Morgan fingerprint density at radius 3 is 2.43 bits per heavy atom. The second-order valence-corrected chi connectivity index (χ2v) is 5.84. The van der Waals surface area contributed by atoms with E-state index in [1.54, 1.807) is 6.08 Å². The summed E-state index contributed by atoms with van der Waals surface area (Å²) < 4.78 is 0. The van der Waals surface area contributed by atoms with Gasteiger partial charge in [0.05, 0.1) is 0 Å². The van der Waals surface area contributed by atoms with Gasteiger partial charge >= 0.3 is 0 Å². The molecule has 0 nitrogen and oxygen atoms in total. The van der Waals surface area contributed by atoms with E-state index >= 15 is 0 Å². The van der Waals surface area contributed by atoms with Crippen molar-refractivity contribution < 1.29 is 0 Å². The van der Waals surface area contributed by atoms with Crippen molar-refractivity contribution in [3.05, 3.63) is 90.1 Å². The van der Waals surface area contributed by atoms with Gasteiger partial charge in [-0.25, -0.2) is 0 Å². The third kappa shape index (κ3) is 7.01. The minimum atomic E-state index is 0.963. The molecule has 0 bridgehead atoms. The average Bonchev–Trinajstić information content (AvgIpc) is 2.50. The van der Waals surface area contributed by atoms with Gasteiger partial charge in [0.1, 0.15) is 0 Å². The molecule has 1 heteroatoms. The first-order valence-electron chi connectivity index (χ1n) is 7.15. The summed E-state index contributed by atoms with van der Waals surface area (Å²) >= 11 is 1.86. The van der Waals surface area contributed by atoms with E-state index in [0.717, 1.165) is 5.75 Å². The van der Waals surface area contributed by atoms with Crippen LogP contribution in [0.5, 0.6) is 0 Å². The lowest BCUT2D eigenvalue weighted by atomic mass is 10.1. The Morgan fingerprint density at radius 2 is 1.81 bits per heavy atom. The molecule has 0 N–H and O–H groups in total. The number of benzene rings is 1. The maximum atomic E-state index is 3.71. The highest BCUT2D eigenvalue weighted by Gasteiger charge is 2.01. The monoisotopic (exact) mass is 296 g/mol. The predicted molar refractivity (Wildman–Crippen MR) is 97.9 cm³/mol. The van der Waals surface area contributed by atoms with Crippen LogP contribution in [0.1, 0.15) is 19.4 Å². The van der Waals surface area contributed by atoms with Gasteiger partial charge in [-0.3, -0.25) is 0 Å². The van der Waals surface area contributed by atoms with Gasteiger partial charge in [-0.05, 0) is 44.1 Å². The van der Waals surface area contributed by atoms with Gasteiger partial charge < -0.3 is 0 Å². The quantitative estimate of drug-likeness (QED) is 0.421. The Labute approximate surface area is 133 Å². The van der Waals surface area contributed by atoms with E-state index in [1.165, 1.54) is 21.6 Å². The SMILES string of the molecule is C=C\C=C/C=C(CSc1ccc(C)cc1)/C(C)=C/C=C\C. The molecule has 0 radical (unpaired) electrons. The minimum Gasteiger partial charge on any atom is -0.121 e. The summed E-state index contributed by atoms with van der Waals surface area (Å²) in [6.45, 7) is 10.0. The van der Waals surface area contributed by atoms with Gasteiger partial charge in [-0.15, -0.1) is 11.8 Å². The smallest absolute Gasteiger partial charge is 0.0234 e. The van der Waals surface area contributed by atoms with Crippen molar-refractivity contribution in [1.82, 2.24) is 0 Å². The Morgan fingerprint density at radius 1 is 1.10 bits per heavy atom. The van der Waals surface area contributed by atoms with Crippen molar-refractivity contribution in [1.29, 1.82) is 0 Å². The number of aryl methyl sites for hydroxylation is 1. The summed E-state index contributed by atoms with van der Waals surface area (Å²) in [4.78, 5) is 1.30. The number of hydrogen-bond acceptors (Lipinski definition) is 1. The lowest BCUT2D eigenvalue weighted by molar-refractivity contribution is 1.33. The molecule has 1 aromatic rings. The Hall–Kier alpha value is -1.73. The molecule has 0 saturated heterocycles. The zero-order valence-corrected chi connectivity index (χ0v) is 14.0. The van der Waals surface area contributed by atoms with Crippen molar-refractivity contribution in [2.45, 2.75) is 25.7 Å². The van der Waals surface area contributed by atoms with E-state index in [1.807, 2.05) is 36.9 Å². The van der Waals surface area contributed by atoms with Crippen molar-refractivity contribution in [2.75, 3.05) is 5.75 Å².